The quantitative estimate of drug-likeness (QED) is 0.464. The highest BCUT2D eigenvalue weighted by Crippen LogP contribution is 2.36. The molecular weight excluding hydrogens is 426 g/mol. The summed E-state index contributed by atoms with van der Waals surface area (Å²) in [7, 11) is 0. The van der Waals surface area contributed by atoms with Gasteiger partial charge in [-0.1, -0.05) is 30.4 Å². The van der Waals surface area contributed by atoms with Crippen molar-refractivity contribution in [1.29, 1.82) is 5.26 Å². The summed E-state index contributed by atoms with van der Waals surface area (Å²) in [5, 5.41) is 28.9. The molecule has 2 aromatic carbocycles. The third-order valence-corrected chi connectivity index (χ3v) is 5.48. The van der Waals surface area contributed by atoms with Crippen molar-refractivity contribution in [1.82, 2.24) is 24.5 Å². The number of nitriles is 1. The van der Waals surface area contributed by atoms with Gasteiger partial charge in [-0.25, -0.2) is 18.4 Å². The number of benzene rings is 2. The van der Waals surface area contributed by atoms with Crippen LogP contribution in [0.4, 0.5) is 8.78 Å². The Labute approximate surface area is 188 Å². The van der Waals surface area contributed by atoms with Crippen molar-refractivity contribution < 1.29 is 13.9 Å². The Bertz CT molecular complexity index is 1310. The SMILES string of the molecule is C[C@@H](n1cc(/C=C/c2ccc(C#N)cc2)cn1)[C@](O)(Cn1cncn1)c1ccc(F)cc1F. The summed E-state index contributed by atoms with van der Waals surface area (Å²) in [6.07, 6.45) is 9.77. The zero-order chi connectivity index (χ0) is 23.4. The van der Waals surface area contributed by atoms with Crippen molar-refractivity contribution in [2.45, 2.75) is 25.1 Å². The van der Waals surface area contributed by atoms with Gasteiger partial charge >= 0.3 is 0 Å². The highest BCUT2D eigenvalue weighted by Gasteiger charge is 2.40. The van der Waals surface area contributed by atoms with Crippen molar-refractivity contribution >= 4 is 12.2 Å². The van der Waals surface area contributed by atoms with Gasteiger partial charge in [0.05, 0.1) is 30.4 Å². The average molecular weight is 446 g/mol. The number of aliphatic hydroxyl groups is 1. The molecule has 0 saturated carbocycles. The van der Waals surface area contributed by atoms with Crippen molar-refractivity contribution in [3.8, 4) is 6.07 Å². The zero-order valence-corrected chi connectivity index (χ0v) is 17.7. The van der Waals surface area contributed by atoms with Crippen molar-refractivity contribution in [3.05, 3.63) is 101 Å². The molecule has 1 N–H and O–H groups in total. The highest BCUT2D eigenvalue weighted by molar-refractivity contribution is 5.69. The molecule has 0 saturated heterocycles. The largest absolute Gasteiger partial charge is 0.381 e. The minimum Gasteiger partial charge on any atom is -0.381 e. The van der Waals surface area contributed by atoms with Gasteiger partial charge in [0.15, 0.2) is 0 Å². The van der Waals surface area contributed by atoms with Gasteiger partial charge in [0.2, 0.25) is 0 Å². The molecule has 0 amide bonds. The molecule has 0 fully saturated rings. The fourth-order valence-corrected chi connectivity index (χ4v) is 3.57. The normalized spacial score (nSPS) is 14.2. The minimum atomic E-state index is -1.80. The minimum absolute atomic E-state index is 0.0722. The summed E-state index contributed by atoms with van der Waals surface area (Å²) in [5.74, 6) is -1.60. The number of halogens is 2. The van der Waals surface area contributed by atoms with Crippen molar-refractivity contribution in [2.24, 2.45) is 0 Å². The molecule has 0 aliphatic carbocycles. The smallest absolute Gasteiger partial charge is 0.137 e. The topological polar surface area (TPSA) is 92.6 Å². The Kier molecular flexibility index (Phi) is 6.11. The summed E-state index contributed by atoms with van der Waals surface area (Å²) in [6, 6.07) is 11.5. The predicted octanol–water partition coefficient (Wildman–Crippen LogP) is 3.94. The second-order valence-electron chi connectivity index (χ2n) is 7.64. The molecule has 4 aromatic rings. The van der Waals surface area contributed by atoms with E-state index < -0.39 is 23.3 Å². The van der Waals surface area contributed by atoms with Crippen LogP contribution in [0.25, 0.3) is 12.2 Å². The van der Waals surface area contributed by atoms with Crippen molar-refractivity contribution in [3.63, 3.8) is 0 Å². The Balaban J connectivity index is 1.64. The highest BCUT2D eigenvalue weighted by atomic mass is 19.1. The van der Waals surface area contributed by atoms with Crippen LogP contribution in [0.3, 0.4) is 0 Å². The molecule has 2 heterocycles. The van der Waals surface area contributed by atoms with E-state index in [1.165, 1.54) is 28.1 Å². The van der Waals surface area contributed by atoms with Gasteiger partial charge < -0.3 is 5.11 Å². The first-order valence-corrected chi connectivity index (χ1v) is 10.1. The average Bonchev–Trinajstić information content (AvgIpc) is 3.49. The molecule has 7 nitrogen and oxygen atoms in total. The van der Waals surface area contributed by atoms with E-state index in [0.717, 1.165) is 23.3 Å². The molecule has 0 radical (unpaired) electrons. The number of hydrogen-bond donors (Lipinski definition) is 1. The zero-order valence-electron chi connectivity index (χ0n) is 17.7. The lowest BCUT2D eigenvalue weighted by Gasteiger charge is -2.34. The Hall–Kier alpha value is -4.16. The molecule has 2 aromatic heterocycles. The van der Waals surface area contributed by atoms with E-state index in [1.807, 2.05) is 24.3 Å². The van der Waals surface area contributed by atoms with Crippen LogP contribution in [-0.4, -0.2) is 29.7 Å². The molecule has 0 bridgehead atoms. The van der Waals surface area contributed by atoms with E-state index in [9.17, 15) is 13.9 Å². The molecule has 0 spiro atoms. The van der Waals surface area contributed by atoms with Crippen molar-refractivity contribution in [2.75, 3.05) is 0 Å². The van der Waals surface area contributed by atoms with E-state index in [2.05, 4.69) is 21.3 Å². The number of rotatable bonds is 7. The van der Waals surface area contributed by atoms with Crippen LogP contribution in [0.5, 0.6) is 0 Å². The van der Waals surface area contributed by atoms with Gasteiger partial charge in [-0.2, -0.15) is 15.5 Å². The van der Waals surface area contributed by atoms with Gasteiger partial charge in [-0.3, -0.25) is 4.68 Å². The van der Waals surface area contributed by atoms with Gasteiger partial charge in [-0.15, -0.1) is 0 Å². The van der Waals surface area contributed by atoms with Crippen LogP contribution in [-0.2, 0) is 12.1 Å². The van der Waals surface area contributed by atoms with E-state index in [-0.39, 0.29) is 12.1 Å². The summed E-state index contributed by atoms with van der Waals surface area (Å²) in [4.78, 5) is 3.87. The molecule has 9 heteroatoms. The predicted molar refractivity (Wildman–Crippen MR) is 117 cm³/mol. The standard InChI is InChI=1S/C24H20F2N6O/c1-17(32-13-20(12-29-32)7-4-18-2-5-19(11-27)6-3-18)24(33,14-31-16-28-15-30-31)22-9-8-21(25)10-23(22)26/h2-10,12-13,15-17,33H,14H2,1H3/b7-4+/t17-,24-/m1/s1. The summed E-state index contributed by atoms with van der Waals surface area (Å²) < 4.78 is 31.1. The Morgan fingerprint density at radius 2 is 1.88 bits per heavy atom. The number of hydrogen-bond acceptors (Lipinski definition) is 5. The van der Waals surface area contributed by atoms with Crippen LogP contribution in [0.2, 0.25) is 0 Å². The van der Waals surface area contributed by atoms with Crippen LogP contribution in [0, 0.1) is 23.0 Å². The molecule has 0 aliphatic heterocycles. The van der Waals surface area contributed by atoms with E-state index in [0.29, 0.717) is 5.56 Å². The fourth-order valence-electron chi connectivity index (χ4n) is 3.57. The maximum absolute atomic E-state index is 14.7. The van der Waals surface area contributed by atoms with Gasteiger partial charge in [0, 0.05) is 23.4 Å². The van der Waals surface area contributed by atoms with Gasteiger partial charge in [0.1, 0.15) is 29.9 Å². The van der Waals surface area contributed by atoms with E-state index >= 15 is 0 Å². The van der Waals surface area contributed by atoms with E-state index in [4.69, 9.17) is 5.26 Å². The molecule has 0 unspecified atom stereocenters. The summed E-state index contributed by atoms with van der Waals surface area (Å²) >= 11 is 0. The number of nitrogens with zero attached hydrogens (tertiary/aromatic N) is 6. The summed E-state index contributed by atoms with van der Waals surface area (Å²) in [5.41, 5.74) is 0.372. The molecule has 2 atom stereocenters. The monoisotopic (exact) mass is 446 g/mol. The lowest BCUT2D eigenvalue weighted by Crippen LogP contribution is -2.40. The van der Waals surface area contributed by atoms with Crippen LogP contribution >= 0.6 is 0 Å². The van der Waals surface area contributed by atoms with Crippen LogP contribution in [0.1, 0.15) is 35.2 Å². The summed E-state index contributed by atoms with van der Waals surface area (Å²) in [6.45, 7) is 1.58. The first kappa shape index (κ1) is 22.0. The van der Waals surface area contributed by atoms with Crippen LogP contribution < -0.4 is 0 Å². The Morgan fingerprint density at radius 3 is 2.55 bits per heavy atom. The lowest BCUT2D eigenvalue weighted by molar-refractivity contribution is -0.0369. The molecule has 33 heavy (non-hydrogen) atoms. The second-order valence-corrected chi connectivity index (χ2v) is 7.64. The fraction of sp³-hybridized carbons (Fsp3) is 0.167. The third-order valence-electron chi connectivity index (χ3n) is 5.48. The van der Waals surface area contributed by atoms with Gasteiger partial charge in [0.25, 0.3) is 0 Å². The lowest BCUT2D eigenvalue weighted by atomic mass is 9.86. The molecular formula is C24H20F2N6O. The first-order valence-electron chi connectivity index (χ1n) is 10.1. The van der Waals surface area contributed by atoms with Crippen LogP contribution in [0.15, 0.2) is 67.5 Å². The third kappa shape index (κ3) is 4.71. The second kappa shape index (κ2) is 9.14. The molecule has 0 aliphatic rings. The Morgan fingerprint density at radius 1 is 1.12 bits per heavy atom. The van der Waals surface area contributed by atoms with E-state index in [1.54, 1.807) is 31.5 Å². The maximum Gasteiger partial charge on any atom is 0.137 e. The van der Waals surface area contributed by atoms with Gasteiger partial charge in [-0.05, 0) is 30.7 Å². The first-order chi connectivity index (χ1) is 15.9. The number of aromatic nitrogens is 5. The molecule has 166 valence electrons. The maximum atomic E-state index is 14.7. The molecule has 4 rings (SSSR count).